The van der Waals surface area contributed by atoms with Crippen LogP contribution in [0.2, 0.25) is 0 Å². The summed E-state index contributed by atoms with van der Waals surface area (Å²) < 4.78 is 0. The van der Waals surface area contributed by atoms with Gasteiger partial charge in [-0.3, -0.25) is 14.5 Å². The maximum Gasteiger partial charge on any atom is 0.246 e. The van der Waals surface area contributed by atoms with Crippen LogP contribution in [0.15, 0.2) is 0 Å². The molecule has 2 fully saturated rings. The topological polar surface area (TPSA) is 49.4 Å². The highest BCUT2D eigenvalue weighted by molar-refractivity contribution is 7.99. The van der Waals surface area contributed by atoms with Crippen molar-refractivity contribution in [2.24, 2.45) is 0 Å². The van der Waals surface area contributed by atoms with Gasteiger partial charge in [-0.1, -0.05) is 0 Å². The third-order valence-electron chi connectivity index (χ3n) is 2.75. The van der Waals surface area contributed by atoms with Crippen molar-refractivity contribution in [3.05, 3.63) is 0 Å². The third kappa shape index (κ3) is 1.79. The largest absolute Gasteiger partial charge is 0.302 e. The number of likely N-dealkylation sites (N-methyl/N-ethyl adjacent to an activating group) is 1. The van der Waals surface area contributed by atoms with Crippen LogP contribution in [0.3, 0.4) is 0 Å². The fraction of sp³-hybridized carbons (Fsp3) is 0.778. The molecule has 2 aliphatic rings. The minimum atomic E-state index is -0.267. The quantitative estimate of drug-likeness (QED) is 0.649. The number of hydrogen-bond donors (Lipinski definition) is 1. The molecule has 0 bridgehead atoms. The molecule has 0 aromatic carbocycles. The maximum absolute atomic E-state index is 11.5. The molecule has 1 N–H and O–H groups in total. The van der Waals surface area contributed by atoms with Gasteiger partial charge in [0.2, 0.25) is 11.8 Å². The van der Waals surface area contributed by atoms with Gasteiger partial charge < -0.3 is 5.32 Å². The van der Waals surface area contributed by atoms with Gasteiger partial charge in [0, 0.05) is 18.8 Å². The van der Waals surface area contributed by atoms with Crippen LogP contribution in [0.5, 0.6) is 0 Å². The van der Waals surface area contributed by atoms with E-state index in [4.69, 9.17) is 0 Å². The van der Waals surface area contributed by atoms with E-state index in [1.165, 1.54) is 4.90 Å². The molecule has 0 radical (unpaired) electrons. The first-order valence-electron chi connectivity index (χ1n) is 4.82. The van der Waals surface area contributed by atoms with Crippen LogP contribution in [0, 0.1) is 0 Å². The number of likely N-dealkylation sites (tertiary alicyclic amines) is 1. The highest BCUT2D eigenvalue weighted by atomic mass is 32.2. The fourth-order valence-corrected chi connectivity index (χ4v) is 3.00. The lowest BCUT2D eigenvalue weighted by Crippen LogP contribution is -2.43. The Kier molecular flexibility index (Phi) is 2.78. The normalized spacial score (nSPS) is 33.1. The molecule has 0 aromatic heterocycles. The molecule has 2 unspecified atom stereocenters. The van der Waals surface area contributed by atoms with E-state index in [-0.39, 0.29) is 17.9 Å². The number of nitrogens with zero attached hydrogens (tertiary/aromatic N) is 1. The Morgan fingerprint density at radius 2 is 2.29 bits per heavy atom. The van der Waals surface area contributed by atoms with Gasteiger partial charge in [0.1, 0.15) is 0 Å². The van der Waals surface area contributed by atoms with Crippen molar-refractivity contribution < 1.29 is 9.59 Å². The molecule has 0 aliphatic carbocycles. The zero-order valence-electron chi connectivity index (χ0n) is 8.16. The average Bonchev–Trinajstić information content (AvgIpc) is 2.73. The van der Waals surface area contributed by atoms with E-state index in [9.17, 15) is 9.59 Å². The summed E-state index contributed by atoms with van der Waals surface area (Å²) in [5.74, 6) is 2.06. The fourth-order valence-electron chi connectivity index (χ4n) is 1.84. The molecule has 2 heterocycles. The molecule has 2 amide bonds. The Hall–Kier alpha value is -0.550. The Bertz CT molecular complexity index is 264. The summed E-state index contributed by atoms with van der Waals surface area (Å²) in [6, 6.07) is 0.143. The number of carbonyl (C=O) groups is 2. The van der Waals surface area contributed by atoms with E-state index >= 15 is 0 Å². The molecule has 14 heavy (non-hydrogen) atoms. The summed E-state index contributed by atoms with van der Waals surface area (Å²) in [7, 11) is 1.55. The van der Waals surface area contributed by atoms with Crippen LogP contribution in [0.4, 0.5) is 0 Å². The first-order chi connectivity index (χ1) is 6.68. The van der Waals surface area contributed by atoms with Crippen LogP contribution in [0.25, 0.3) is 0 Å². The Labute approximate surface area is 87.4 Å². The number of nitrogens with one attached hydrogen (secondary N) is 1. The van der Waals surface area contributed by atoms with Crippen LogP contribution in [0.1, 0.15) is 12.8 Å². The van der Waals surface area contributed by atoms with E-state index in [0.717, 1.165) is 17.9 Å². The lowest BCUT2D eigenvalue weighted by atomic mass is 10.2. The minimum Gasteiger partial charge on any atom is -0.302 e. The summed E-state index contributed by atoms with van der Waals surface area (Å²) in [6.45, 7) is 0. The summed E-state index contributed by atoms with van der Waals surface area (Å²) in [4.78, 5) is 24.0. The number of rotatable bonds is 2. The molecule has 2 saturated heterocycles. The van der Waals surface area contributed by atoms with Gasteiger partial charge in [0.15, 0.2) is 0 Å². The smallest absolute Gasteiger partial charge is 0.246 e. The Morgan fingerprint density at radius 1 is 1.50 bits per heavy atom. The Morgan fingerprint density at radius 3 is 2.79 bits per heavy atom. The standard InChI is InChI=1S/C9H14N2O2S/c1-11-8(12)4-7(9(11)13)10-6-2-3-14-5-6/h6-7,10H,2-5H2,1H3. The predicted molar refractivity (Wildman–Crippen MR) is 55.0 cm³/mol. The van der Waals surface area contributed by atoms with Crippen molar-refractivity contribution in [2.45, 2.75) is 24.9 Å². The number of carbonyl (C=O) groups excluding carboxylic acids is 2. The number of hydrogen-bond acceptors (Lipinski definition) is 4. The Balaban J connectivity index is 1.92. The number of thioether (sulfide) groups is 1. The van der Waals surface area contributed by atoms with Gasteiger partial charge >= 0.3 is 0 Å². The van der Waals surface area contributed by atoms with E-state index in [2.05, 4.69) is 5.32 Å². The van der Waals surface area contributed by atoms with Gasteiger partial charge in [-0.15, -0.1) is 0 Å². The number of imide groups is 1. The molecule has 5 heteroatoms. The summed E-state index contributed by atoms with van der Waals surface area (Å²) in [5.41, 5.74) is 0. The summed E-state index contributed by atoms with van der Waals surface area (Å²) in [5, 5.41) is 3.26. The zero-order valence-corrected chi connectivity index (χ0v) is 8.97. The molecular weight excluding hydrogens is 200 g/mol. The van der Waals surface area contributed by atoms with Gasteiger partial charge in [0.05, 0.1) is 12.5 Å². The van der Waals surface area contributed by atoms with Gasteiger partial charge in [-0.05, 0) is 12.2 Å². The third-order valence-corrected chi connectivity index (χ3v) is 3.91. The van der Waals surface area contributed by atoms with Gasteiger partial charge in [0.25, 0.3) is 0 Å². The van der Waals surface area contributed by atoms with Crippen molar-refractivity contribution >= 4 is 23.6 Å². The first-order valence-corrected chi connectivity index (χ1v) is 5.98. The van der Waals surface area contributed by atoms with Crippen molar-refractivity contribution in [2.75, 3.05) is 18.6 Å². The molecule has 4 nitrogen and oxygen atoms in total. The zero-order chi connectivity index (χ0) is 10.1. The second-order valence-electron chi connectivity index (χ2n) is 3.77. The van der Waals surface area contributed by atoms with Crippen LogP contribution in [-0.4, -0.2) is 47.4 Å². The monoisotopic (exact) mass is 214 g/mol. The van der Waals surface area contributed by atoms with Crippen molar-refractivity contribution in [3.8, 4) is 0 Å². The molecular formula is C9H14N2O2S. The summed E-state index contributed by atoms with van der Waals surface area (Å²) in [6.07, 6.45) is 1.43. The average molecular weight is 214 g/mol. The van der Waals surface area contributed by atoms with Crippen LogP contribution < -0.4 is 5.32 Å². The van der Waals surface area contributed by atoms with Gasteiger partial charge in [-0.2, -0.15) is 11.8 Å². The van der Waals surface area contributed by atoms with E-state index < -0.39 is 0 Å². The minimum absolute atomic E-state index is 0.0712. The maximum atomic E-state index is 11.5. The molecule has 78 valence electrons. The second kappa shape index (κ2) is 3.90. The predicted octanol–water partition coefficient (Wildman–Crippen LogP) is -0.161. The van der Waals surface area contributed by atoms with E-state index in [0.29, 0.717) is 12.5 Å². The molecule has 2 atom stereocenters. The lowest BCUT2D eigenvalue weighted by molar-refractivity contribution is -0.137. The molecule has 0 aromatic rings. The molecule has 0 spiro atoms. The number of amides is 2. The van der Waals surface area contributed by atoms with Crippen LogP contribution >= 0.6 is 11.8 Å². The molecule has 2 rings (SSSR count). The highest BCUT2D eigenvalue weighted by Gasteiger charge is 2.37. The molecule has 2 aliphatic heterocycles. The molecule has 0 saturated carbocycles. The summed E-state index contributed by atoms with van der Waals surface area (Å²) >= 11 is 1.90. The lowest BCUT2D eigenvalue weighted by Gasteiger charge is -2.15. The van der Waals surface area contributed by atoms with Gasteiger partial charge in [-0.25, -0.2) is 0 Å². The van der Waals surface area contributed by atoms with Crippen LogP contribution in [-0.2, 0) is 9.59 Å². The van der Waals surface area contributed by atoms with Crippen molar-refractivity contribution in [3.63, 3.8) is 0 Å². The van der Waals surface area contributed by atoms with E-state index in [1.54, 1.807) is 7.05 Å². The van der Waals surface area contributed by atoms with Crippen molar-refractivity contribution in [1.29, 1.82) is 0 Å². The highest BCUT2D eigenvalue weighted by Crippen LogP contribution is 2.19. The SMILES string of the molecule is CN1C(=O)CC(NC2CCSC2)C1=O. The van der Waals surface area contributed by atoms with E-state index in [1.807, 2.05) is 11.8 Å². The van der Waals surface area contributed by atoms with Crippen molar-refractivity contribution in [1.82, 2.24) is 10.2 Å². The second-order valence-corrected chi connectivity index (χ2v) is 4.92. The first kappa shape index (κ1) is 9.98.